The van der Waals surface area contributed by atoms with Gasteiger partial charge in [-0.2, -0.15) is 0 Å². The van der Waals surface area contributed by atoms with Crippen LogP contribution < -0.4 is 319 Å². The van der Waals surface area contributed by atoms with E-state index >= 15 is 0 Å². The predicted molar refractivity (Wildman–Crippen MR) is 70.7 cm³/mol. The summed E-state index contributed by atoms with van der Waals surface area (Å²) in [5, 5.41) is 80.6. The summed E-state index contributed by atoms with van der Waals surface area (Å²) in [4.78, 5) is 16.6. The molecule has 0 aromatic heterocycles. The van der Waals surface area contributed by atoms with E-state index in [-0.39, 0.29) is 350 Å². The second-order valence-electron chi connectivity index (χ2n) is 0.960. The van der Waals surface area contributed by atoms with Crippen molar-refractivity contribution >= 4 is 12.9 Å². The molecule has 16 N–H and O–H groups in total. The van der Waals surface area contributed by atoms with E-state index in [4.69, 9.17) is 65.8 Å². The van der Waals surface area contributed by atoms with Gasteiger partial charge in [-0.05, 0) is 6.79 Å². The second-order valence-corrected chi connectivity index (χ2v) is 0.960. The van der Waals surface area contributed by atoms with Gasteiger partial charge in [0.2, 0.25) is 0 Å². The number of carbonyl (C=O) groups excluding carboxylic acids is 1. The fourth-order valence-corrected chi connectivity index (χ4v) is 0. The fraction of sp³-hybridized carbons (Fsp3) is 0.714. The Hall–Kier alpha value is 8.20. The summed E-state index contributed by atoms with van der Waals surface area (Å²) < 4.78 is 0. The van der Waals surface area contributed by atoms with Gasteiger partial charge in [0.1, 0.15) is 13.6 Å². The number of carbonyl (C=O) groups is 2. The maximum Gasteiger partial charge on any atom is 1.00 e. The van der Waals surface area contributed by atoms with Crippen LogP contribution in [0.5, 0.6) is 0 Å². The van der Waals surface area contributed by atoms with Gasteiger partial charge in [-0.1, -0.05) is 7.43 Å². The van der Waals surface area contributed by atoms with Crippen LogP contribution in [0.1, 0.15) is 7.43 Å². The third-order valence-corrected chi connectivity index (χ3v) is 0. The van der Waals surface area contributed by atoms with E-state index in [9.17, 15) is 0 Å². The van der Waals surface area contributed by atoms with Gasteiger partial charge in [-0.3, -0.25) is 4.79 Å². The molecule has 0 spiro atoms. The van der Waals surface area contributed by atoms with Crippen molar-refractivity contribution in [2.45, 2.75) is 13.9 Å². The Bertz CT molecular complexity index is 110. The Balaban J connectivity index is -0.00000000380. The SMILES string of the molecule is C.O.O.O=CO.O=C[O-].OC(O)O.OCO.OCO.[K+].[K+].[K+].[K+].[K+].[K+].[O-]CO.[OH-].[OH-].[OH-]. The molecule has 0 unspecified atom stereocenters. The van der Waals surface area contributed by atoms with Gasteiger partial charge in [0.25, 0.3) is 12.9 Å². The first-order valence-corrected chi connectivity index (χ1v) is 3.61. The molecular weight excluding hydrogens is 607 g/mol. The van der Waals surface area contributed by atoms with Crippen molar-refractivity contribution in [3.8, 4) is 0 Å². The van der Waals surface area contributed by atoms with Crippen LogP contribution in [0.4, 0.5) is 0 Å². The number of aliphatic hydroxyl groups is 8. The third-order valence-electron chi connectivity index (χ3n) is 0. The molecule has 0 amide bonds. The third kappa shape index (κ3) is 745. The van der Waals surface area contributed by atoms with Crippen LogP contribution in [0.15, 0.2) is 0 Å². The van der Waals surface area contributed by atoms with Gasteiger partial charge in [-0.25, -0.2) is 0 Å². The summed E-state index contributed by atoms with van der Waals surface area (Å²) in [6.07, 6.45) is 0. The molecule has 24 heteroatoms. The molecule has 0 aliphatic rings. The van der Waals surface area contributed by atoms with Gasteiger partial charge < -0.3 is 88.3 Å². The van der Waals surface area contributed by atoms with Gasteiger partial charge in [-0.15, -0.1) is 0 Å². The molecule has 0 saturated carbocycles. The van der Waals surface area contributed by atoms with Crippen LogP contribution in [0, 0.1) is 0 Å². The zero-order valence-corrected chi connectivity index (χ0v) is 36.6. The predicted octanol–water partition coefficient (Wildman–Crippen LogP) is -27.1. The fourth-order valence-electron chi connectivity index (χ4n) is 0. The van der Waals surface area contributed by atoms with Gasteiger partial charge >= 0.3 is 308 Å². The molecule has 0 atom stereocenters. The molecule has 0 aliphatic heterocycles. The largest absolute Gasteiger partial charge is 1.00 e. The topological polar surface area (TPSA) is 415 Å². The standard InChI is InChI=1S/CH4O3.2CH4O2.CH3O2.2CH2O2.CH4.6K.5H2O/c2-1(3)4;5*2-1-3;;;;;;;;;;;;/h1-4H;2*2-3H,1H2;2H,1H2;2*1H,(H,2,3);1H4;;;;;;;5*1H2/q;;;-1;;;;6*+1;;;;;/p-4. The molecule has 0 aromatic rings. The summed E-state index contributed by atoms with van der Waals surface area (Å²) in [5.41, 5.74) is 0. The van der Waals surface area contributed by atoms with Crippen molar-refractivity contribution in [3.63, 3.8) is 0 Å². The van der Waals surface area contributed by atoms with E-state index in [1.807, 2.05) is 0 Å². The molecule has 0 saturated heterocycles. The number of hydrogen-bond acceptors (Lipinski definition) is 15. The number of rotatable bonds is 0. The van der Waals surface area contributed by atoms with Gasteiger partial charge in [0.15, 0.2) is 0 Å². The summed E-state index contributed by atoms with van der Waals surface area (Å²) in [6.45, 7) is -5.42. The maximum absolute atomic E-state index is 8.49. The monoisotopic (exact) mass is 635 g/mol. The van der Waals surface area contributed by atoms with Crippen LogP contribution in [0.2, 0.25) is 0 Å². The molecular formula is C7H29K6O18+. The van der Waals surface area contributed by atoms with Crippen molar-refractivity contribution in [3.05, 3.63) is 0 Å². The molecule has 0 fully saturated rings. The number of aliphatic hydroxyl groups excluding tert-OH is 4. The summed E-state index contributed by atoms with van der Waals surface area (Å²) >= 11 is 0. The minimum Gasteiger partial charge on any atom is -0.870 e. The molecule has 0 aliphatic carbocycles. The molecule has 0 rings (SSSR count). The van der Waals surface area contributed by atoms with E-state index < -0.39 is 33.3 Å². The second kappa shape index (κ2) is 201. The Kier molecular flexibility index (Phi) is 827. The zero-order valence-electron chi connectivity index (χ0n) is 17.9. The average Bonchev–Trinajstić information content (AvgIpc) is 2.21. The van der Waals surface area contributed by atoms with Crippen molar-refractivity contribution < 1.29 is 401 Å². The van der Waals surface area contributed by atoms with Crippen LogP contribution in [0.3, 0.4) is 0 Å². The molecule has 0 heterocycles. The van der Waals surface area contributed by atoms with E-state index in [1.54, 1.807) is 0 Å². The van der Waals surface area contributed by atoms with E-state index in [0.29, 0.717) is 0 Å². The van der Waals surface area contributed by atoms with E-state index in [0.717, 1.165) is 0 Å². The zero-order chi connectivity index (χ0) is 17.1. The molecule has 18 nitrogen and oxygen atoms in total. The van der Waals surface area contributed by atoms with Crippen LogP contribution in [-0.4, -0.2) is 113 Å². The first-order chi connectivity index (χ1) is 8.80. The Labute approximate surface area is 435 Å². The smallest absolute Gasteiger partial charge is 0.870 e. The maximum atomic E-state index is 8.49. The normalized spacial score (nSPS) is 3.68. The minimum atomic E-state index is -2.17. The molecule has 0 radical (unpaired) electrons. The van der Waals surface area contributed by atoms with Gasteiger partial charge in [0, 0.05) is 6.47 Å². The molecule has 0 bridgehead atoms. The van der Waals surface area contributed by atoms with E-state index in [1.165, 1.54) is 0 Å². The minimum absolute atomic E-state index is 0. The molecule has 170 valence electrons. The molecule has 0 aromatic carbocycles. The summed E-state index contributed by atoms with van der Waals surface area (Å²) in [7, 11) is 0. The Morgan fingerprint density at radius 3 is 0.677 bits per heavy atom. The molecule has 31 heavy (non-hydrogen) atoms. The van der Waals surface area contributed by atoms with E-state index in [2.05, 4.69) is 0 Å². The Morgan fingerprint density at radius 2 is 0.677 bits per heavy atom. The van der Waals surface area contributed by atoms with Crippen molar-refractivity contribution in [2.24, 2.45) is 0 Å². The van der Waals surface area contributed by atoms with Crippen molar-refractivity contribution in [1.29, 1.82) is 0 Å². The van der Waals surface area contributed by atoms with Crippen LogP contribution >= 0.6 is 0 Å². The van der Waals surface area contributed by atoms with Gasteiger partial charge in [0.05, 0.1) is 0 Å². The number of carboxylic acid groups (broad SMARTS) is 2. The van der Waals surface area contributed by atoms with Crippen LogP contribution in [0.25, 0.3) is 0 Å². The number of hydrogen-bond donors (Lipinski definition) is 9. The Morgan fingerprint density at radius 1 is 0.677 bits per heavy atom. The van der Waals surface area contributed by atoms with Crippen LogP contribution in [-0.2, 0) is 9.59 Å². The van der Waals surface area contributed by atoms with Crippen molar-refractivity contribution in [1.82, 2.24) is 0 Å². The summed E-state index contributed by atoms with van der Waals surface area (Å²) in [6, 6.07) is 0. The first kappa shape index (κ1) is 127. The van der Waals surface area contributed by atoms with Crippen molar-refractivity contribution in [2.75, 3.05) is 20.4 Å². The quantitative estimate of drug-likeness (QED) is 0.0677. The first-order valence-electron chi connectivity index (χ1n) is 3.61. The summed E-state index contributed by atoms with van der Waals surface area (Å²) in [5.74, 6) is 0. The average molecular weight is 636 g/mol.